The standard InChI is InChI=1S/C25H35N7O3/c1-16(18-8-6-14-32(18)2)35-21-15-20(28-12-13-29-27)30-24(31-21)22(34)17-7-5-11-25(23(17)26)10-4-3-9-19(25)33/h12-13,15-16,18,26-27,34H,3-11,14H2,1-2H3,(H,28,30,31)/b13-12-,22-17-,26-23?,29-27?/t16-,18-,25+/m0/s1. The SMILES string of the molecule is C[C@H](Oc1cc(N/C=C\N=N)nc(/C(O)=C2\CCC[C@@]3(CCCCC3=O)C2=N)n1)[C@@H]1CCCN1C. The summed E-state index contributed by atoms with van der Waals surface area (Å²) in [5, 5.41) is 26.3. The van der Waals surface area contributed by atoms with E-state index in [9.17, 15) is 9.90 Å². The van der Waals surface area contributed by atoms with E-state index in [1.165, 1.54) is 12.4 Å². The van der Waals surface area contributed by atoms with Crippen LogP contribution in [-0.4, -0.2) is 57.2 Å². The molecule has 1 aromatic rings. The maximum atomic E-state index is 12.9. The summed E-state index contributed by atoms with van der Waals surface area (Å²) in [7, 11) is 2.08. The number of carbonyl (C=O) groups is 1. The quantitative estimate of drug-likeness (QED) is 0.321. The van der Waals surface area contributed by atoms with Crippen molar-refractivity contribution in [1.82, 2.24) is 14.9 Å². The van der Waals surface area contributed by atoms with Gasteiger partial charge in [0.2, 0.25) is 5.88 Å². The third kappa shape index (κ3) is 5.12. The van der Waals surface area contributed by atoms with Crippen LogP contribution in [0, 0.1) is 16.4 Å². The highest BCUT2D eigenvalue weighted by atomic mass is 16.5. The van der Waals surface area contributed by atoms with Crippen LogP contribution < -0.4 is 10.1 Å². The van der Waals surface area contributed by atoms with Gasteiger partial charge in [0.05, 0.1) is 17.3 Å². The van der Waals surface area contributed by atoms with Crippen LogP contribution in [0.15, 0.2) is 29.2 Å². The largest absolute Gasteiger partial charge is 0.504 e. The van der Waals surface area contributed by atoms with Crippen LogP contribution in [0.5, 0.6) is 5.88 Å². The van der Waals surface area contributed by atoms with Crippen molar-refractivity contribution in [3.05, 3.63) is 29.9 Å². The third-order valence-electron chi connectivity index (χ3n) is 7.61. The molecule has 1 aliphatic heterocycles. The first kappa shape index (κ1) is 25.0. The van der Waals surface area contributed by atoms with Gasteiger partial charge in [-0.15, -0.1) is 0 Å². The van der Waals surface area contributed by atoms with Crippen molar-refractivity contribution in [3.8, 4) is 5.88 Å². The minimum atomic E-state index is -0.797. The number of hydrogen-bond acceptors (Lipinski definition) is 10. The van der Waals surface area contributed by atoms with Crippen molar-refractivity contribution in [2.45, 2.75) is 76.9 Å². The zero-order chi connectivity index (χ0) is 25.0. The van der Waals surface area contributed by atoms with Crippen LogP contribution in [0.4, 0.5) is 5.82 Å². The predicted octanol–water partition coefficient (Wildman–Crippen LogP) is 4.85. The minimum Gasteiger partial charge on any atom is -0.504 e. The molecule has 2 aliphatic carbocycles. The molecule has 0 amide bonds. The predicted molar refractivity (Wildman–Crippen MR) is 133 cm³/mol. The molecule has 1 saturated heterocycles. The van der Waals surface area contributed by atoms with Gasteiger partial charge in [0.25, 0.3) is 0 Å². The van der Waals surface area contributed by atoms with Gasteiger partial charge in [-0.05, 0) is 65.5 Å². The summed E-state index contributed by atoms with van der Waals surface area (Å²) in [6.07, 6.45) is 9.58. The molecule has 1 aromatic heterocycles. The second-order valence-corrected chi connectivity index (χ2v) is 9.79. The molecule has 4 rings (SSSR count). The van der Waals surface area contributed by atoms with E-state index < -0.39 is 5.41 Å². The lowest BCUT2D eigenvalue weighted by atomic mass is 9.62. The van der Waals surface area contributed by atoms with E-state index in [0.29, 0.717) is 43.0 Å². The van der Waals surface area contributed by atoms with Crippen LogP contribution in [0.3, 0.4) is 0 Å². The second-order valence-electron chi connectivity index (χ2n) is 9.79. The lowest BCUT2D eigenvalue weighted by Gasteiger charge is -2.40. The van der Waals surface area contributed by atoms with Gasteiger partial charge < -0.3 is 20.6 Å². The number of carbonyl (C=O) groups excluding carboxylic acids is 1. The number of aromatic nitrogens is 2. The van der Waals surface area contributed by atoms with Gasteiger partial charge in [0.15, 0.2) is 11.6 Å². The first-order valence-electron chi connectivity index (χ1n) is 12.4. The van der Waals surface area contributed by atoms with Crippen molar-refractivity contribution in [1.29, 1.82) is 10.9 Å². The van der Waals surface area contributed by atoms with E-state index in [-0.39, 0.29) is 35.2 Å². The molecule has 35 heavy (non-hydrogen) atoms. The maximum absolute atomic E-state index is 12.9. The molecule has 4 N–H and O–H groups in total. The molecule has 0 bridgehead atoms. The molecule has 2 heterocycles. The zero-order valence-electron chi connectivity index (χ0n) is 20.5. The number of likely N-dealkylation sites (tertiary alicyclic amines) is 1. The summed E-state index contributed by atoms with van der Waals surface area (Å²) < 4.78 is 6.19. The van der Waals surface area contributed by atoms with Gasteiger partial charge >= 0.3 is 0 Å². The number of aliphatic hydroxyl groups excluding tert-OH is 1. The van der Waals surface area contributed by atoms with Crippen molar-refractivity contribution >= 4 is 23.1 Å². The number of ketones is 1. The smallest absolute Gasteiger partial charge is 0.219 e. The Hall–Kier alpha value is -3.14. The minimum absolute atomic E-state index is 0.0493. The van der Waals surface area contributed by atoms with Gasteiger partial charge in [-0.2, -0.15) is 10.1 Å². The molecular weight excluding hydrogens is 446 g/mol. The summed E-state index contributed by atoms with van der Waals surface area (Å²) in [4.78, 5) is 24.1. The second kappa shape index (κ2) is 10.6. The summed E-state index contributed by atoms with van der Waals surface area (Å²) in [6, 6.07) is 1.90. The van der Waals surface area contributed by atoms with Gasteiger partial charge in [-0.1, -0.05) is 6.42 Å². The fourth-order valence-corrected chi connectivity index (χ4v) is 5.72. The topological polar surface area (TPSA) is 148 Å². The zero-order valence-corrected chi connectivity index (χ0v) is 20.5. The Morgan fingerprint density at radius 1 is 1.31 bits per heavy atom. The highest BCUT2D eigenvalue weighted by Gasteiger charge is 2.47. The number of anilines is 1. The van der Waals surface area contributed by atoms with Crippen LogP contribution >= 0.6 is 0 Å². The first-order valence-corrected chi connectivity index (χ1v) is 12.4. The van der Waals surface area contributed by atoms with Gasteiger partial charge in [-0.25, -0.2) is 10.5 Å². The number of ether oxygens (including phenoxy) is 1. The lowest BCUT2D eigenvalue weighted by Crippen LogP contribution is -2.44. The van der Waals surface area contributed by atoms with Crippen LogP contribution in [0.2, 0.25) is 0 Å². The van der Waals surface area contributed by atoms with E-state index >= 15 is 0 Å². The Morgan fingerprint density at radius 2 is 2.11 bits per heavy atom. The Labute approximate surface area is 205 Å². The summed E-state index contributed by atoms with van der Waals surface area (Å²) in [5.74, 6) is 0.654. The number of nitrogens with zero attached hydrogens (tertiary/aromatic N) is 4. The Balaban J connectivity index is 1.68. The number of aliphatic hydroxyl groups is 1. The summed E-state index contributed by atoms with van der Waals surface area (Å²) >= 11 is 0. The Morgan fingerprint density at radius 3 is 2.83 bits per heavy atom. The monoisotopic (exact) mass is 481 g/mol. The van der Waals surface area contributed by atoms with E-state index in [4.69, 9.17) is 15.7 Å². The van der Waals surface area contributed by atoms with Crippen molar-refractivity contribution in [2.75, 3.05) is 18.9 Å². The molecule has 1 spiro atoms. The van der Waals surface area contributed by atoms with E-state index in [2.05, 4.69) is 32.3 Å². The molecule has 0 aromatic carbocycles. The van der Waals surface area contributed by atoms with Crippen molar-refractivity contribution in [2.24, 2.45) is 10.5 Å². The number of nitrogens with one attached hydrogen (secondary N) is 3. The molecule has 0 radical (unpaired) electrons. The summed E-state index contributed by atoms with van der Waals surface area (Å²) in [6.45, 7) is 3.03. The van der Waals surface area contributed by atoms with Gasteiger partial charge in [0.1, 0.15) is 17.7 Å². The number of rotatable bonds is 7. The highest BCUT2D eigenvalue weighted by molar-refractivity contribution is 6.18. The van der Waals surface area contributed by atoms with Crippen molar-refractivity contribution in [3.63, 3.8) is 0 Å². The number of likely N-dealkylation sites (N-methyl/N-ethyl adjacent to an activating group) is 1. The fraction of sp³-hybridized carbons (Fsp3) is 0.600. The fourth-order valence-electron chi connectivity index (χ4n) is 5.72. The van der Waals surface area contributed by atoms with Crippen LogP contribution in [0.25, 0.3) is 5.76 Å². The number of hydrogen-bond donors (Lipinski definition) is 4. The average Bonchev–Trinajstić information content (AvgIpc) is 3.28. The average molecular weight is 482 g/mol. The molecule has 2 saturated carbocycles. The molecule has 3 fully saturated rings. The van der Waals surface area contributed by atoms with Gasteiger partial charge in [0, 0.05) is 30.3 Å². The molecular formula is C25H35N7O3. The lowest BCUT2D eigenvalue weighted by molar-refractivity contribution is -0.128. The van der Waals surface area contributed by atoms with Crippen LogP contribution in [0.1, 0.15) is 70.5 Å². The summed E-state index contributed by atoms with van der Waals surface area (Å²) in [5.41, 5.74) is 6.79. The van der Waals surface area contributed by atoms with Crippen molar-refractivity contribution < 1.29 is 14.6 Å². The van der Waals surface area contributed by atoms with E-state index in [1.807, 2.05) is 6.92 Å². The Bertz CT molecular complexity index is 1050. The van der Waals surface area contributed by atoms with E-state index in [0.717, 1.165) is 38.6 Å². The van der Waals surface area contributed by atoms with Gasteiger partial charge in [-0.3, -0.25) is 9.69 Å². The maximum Gasteiger partial charge on any atom is 0.219 e. The molecule has 10 nitrogen and oxygen atoms in total. The highest BCUT2D eigenvalue weighted by Crippen LogP contribution is 2.46. The first-order chi connectivity index (χ1) is 16.9. The normalized spacial score (nSPS) is 27.9. The molecule has 3 aliphatic rings. The third-order valence-corrected chi connectivity index (χ3v) is 7.61. The Kier molecular flexibility index (Phi) is 7.59. The molecule has 3 atom stereocenters. The number of allylic oxidation sites excluding steroid dienone is 1. The molecule has 188 valence electrons. The molecule has 10 heteroatoms. The molecule has 0 unspecified atom stereocenters. The number of Topliss-reactive ketones (excluding diaryl/α,β-unsaturated/α-hetero) is 1. The van der Waals surface area contributed by atoms with E-state index in [1.54, 1.807) is 6.07 Å². The van der Waals surface area contributed by atoms with Crippen LogP contribution in [-0.2, 0) is 4.79 Å².